The van der Waals surface area contributed by atoms with E-state index in [0.29, 0.717) is 6.42 Å². The van der Waals surface area contributed by atoms with Gasteiger partial charge in [0.2, 0.25) is 0 Å². The van der Waals surface area contributed by atoms with Gasteiger partial charge in [-0.3, -0.25) is 9.52 Å². The standard InChI is InChI=1S/C11H15NO2S.C2H4/c1-14-11(13)8-5-9-12-15-10-6-3-2-4-7-10;1-2/h2-4,6-7,12H,5,8-9H2,1H3;1-2H2. The summed E-state index contributed by atoms with van der Waals surface area (Å²) in [5.74, 6) is -0.151. The first-order valence-corrected chi connectivity index (χ1v) is 6.16. The second kappa shape index (κ2) is 11.2. The molecule has 0 radical (unpaired) electrons. The van der Waals surface area contributed by atoms with Crippen LogP contribution < -0.4 is 4.72 Å². The fraction of sp³-hybridized carbons (Fsp3) is 0.308. The second-order valence-corrected chi connectivity index (χ2v) is 3.95. The lowest BCUT2D eigenvalue weighted by Gasteiger charge is -2.03. The number of methoxy groups -OCH3 is 1. The van der Waals surface area contributed by atoms with E-state index in [1.807, 2.05) is 30.3 Å². The maximum atomic E-state index is 10.8. The Kier molecular flexibility index (Phi) is 10.4. The largest absolute Gasteiger partial charge is 0.469 e. The van der Waals surface area contributed by atoms with Crippen molar-refractivity contribution in [3.8, 4) is 0 Å². The molecule has 0 saturated carbocycles. The van der Waals surface area contributed by atoms with Gasteiger partial charge in [-0.2, -0.15) is 0 Å². The Morgan fingerprint density at radius 1 is 1.35 bits per heavy atom. The van der Waals surface area contributed by atoms with E-state index < -0.39 is 0 Å². The highest BCUT2D eigenvalue weighted by Gasteiger charge is 1.98. The molecule has 1 aromatic carbocycles. The van der Waals surface area contributed by atoms with Gasteiger partial charge in [0.15, 0.2) is 0 Å². The van der Waals surface area contributed by atoms with Crippen LogP contribution in [0.5, 0.6) is 0 Å². The SMILES string of the molecule is C=C.COC(=O)CCCNSc1ccccc1. The van der Waals surface area contributed by atoms with Crippen molar-refractivity contribution in [2.24, 2.45) is 0 Å². The molecular weight excluding hydrogens is 234 g/mol. The van der Waals surface area contributed by atoms with Crippen molar-refractivity contribution >= 4 is 17.9 Å². The van der Waals surface area contributed by atoms with Gasteiger partial charge in [0.25, 0.3) is 0 Å². The molecule has 0 aliphatic heterocycles. The van der Waals surface area contributed by atoms with E-state index in [-0.39, 0.29) is 5.97 Å². The predicted octanol–water partition coefficient (Wildman–Crippen LogP) is 3.04. The highest BCUT2D eigenvalue weighted by molar-refractivity contribution is 7.97. The summed E-state index contributed by atoms with van der Waals surface area (Å²) in [5.41, 5.74) is 0. The summed E-state index contributed by atoms with van der Waals surface area (Å²) in [6, 6.07) is 10.1. The third-order valence-corrected chi connectivity index (χ3v) is 2.68. The Balaban J connectivity index is 0.00000121. The van der Waals surface area contributed by atoms with E-state index in [2.05, 4.69) is 22.6 Å². The minimum absolute atomic E-state index is 0.151. The number of benzene rings is 1. The van der Waals surface area contributed by atoms with Gasteiger partial charge in [0.05, 0.1) is 7.11 Å². The van der Waals surface area contributed by atoms with Crippen molar-refractivity contribution < 1.29 is 9.53 Å². The van der Waals surface area contributed by atoms with Crippen LogP contribution in [-0.4, -0.2) is 19.6 Å². The molecular formula is C13H19NO2S. The summed E-state index contributed by atoms with van der Waals surface area (Å²) >= 11 is 1.58. The van der Waals surface area contributed by atoms with E-state index in [1.54, 1.807) is 11.9 Å². The molecule has 94 valence electrons. The number of carbonyl (C=O) groups excluding carboxylic acids is 1. The molecule has 0 unspecified atom stereocenters. The van der Waals surface area contributed by atoms with E-state index in [1.165, 1.54) is 12.0 Å². The number of hydrogen-bond donors (Lipinski definition) is 1. The number of rotatable bonds is 6. The van der Waals surface area contributed by atoms with Gasteiger partial charge >= 0.3 is 5.97 Å². The Bertz CT molecular complexity index is 304. The molecule has 1 aromatic rings. The number of carbonyl (C=O) groups is 1. The maximum Gasteiger partial charge on any atom is 0.305 e. The van der Waals surface area contributed by atoms with Crippen LogP contribution in [0.4, 0.5) is 0 Å². The van der Waals surface area contributed by atoms with Crippen molar-refractivity contribution in [2.75, 3.05) is 13.7 Å². The molecule has 0 spiro atoms. The van der Waals surface area contributed by atoms with Gasteiger partial charge in [-0.1, -0.05) is 18.2 Å². The van der Waals surface area contributed by atoms with Gasteiger partial charge in [0, 0.05) is 17.9 Å². The van der Waals surface area contributed by atoms with Gasteiger partial charge < -0.3 is 4.74 Å². The minimum atomic E-state index is -0.151. The fourth-order valence-corrected chi connectivity index (χ4v) is 1.74. The average Bonchev–Trinajstić information content (AvgIpc) is 2.41. The lowest BCUT2D eigenvalue weighted by atomic mass is 10.3. The fourth-order valence-electron chi connectivity index (χ4n) is 1.03. The highest BCUT2D eigenvalue weighted by atomic mass is 32.2. The number of esters is 1. The van der Waals surface area contributed by atoms with Crippen molar-refractivity contribution in [3.05, 3.63) is 43.5 Å². The zero-order valence-corrected chi connectivity index (χ0v) is 11.0. The third-order valence-electron chi connectivity index (χ3n) is 1.82. The average molecular weight is 253 g/mol. The molecule has 4 heteroatoms. The Labute approximate surface area is 107 Å². The van der Waals surface area contributed by atoms with Crippen LogP contribution in [0.3, 0.4) is 0 Å². The monoisotopic (exact) mass is 253 g/mol. The topological polar surface area (TPSA) is 38.3 Å². The highest BCUT2D eigenvalue weighted by Crippen LogP contribution is 2.12. The number of nitrogens with one attached hydrogen (secondary N) is 1. The molecule has 0 saturated heterocycles. The van der Waals surface area contributed by atoms with Crippen LogP contribution in [0.15, 0.2) is 48.4 Å². The molecule has 1 rings (SSSR count). The lowest BCUT2D eigenvalue weighted by molar-refractivity contribution is -0.140. The third kappa shape index (κ3) is 8.54. The molecule has 3 nitrogen and oxygen atoms in total. The predicted molar refractivity (Wildman–Crippen MR) is 72.8 cm³/mol. The molecule has 17 heavy (non-hydrogen) atoms. The Hall–Kier alpha value is -1.26. The summed E-state index contributed by atoms with van der Waals surface area (Å²) in [5, 5.41) is 0. The quantitative estimate of drug-likeness (QED) is 0.366. The number of ether oxygens (including phenoxy) is 1. The molecule has 0 amide bonds. The first kappa shape index (κ1) is 15.7. The van der Waals surface area contributed by atoms with Crippen LogP contribution in [0.2, 0.25) is 0 Å². The summed E-state index contributed by atoms with van der Waals surface area (Å²) in [6.45, 7) is 6.80. The molecule has 0 bridgehead atoms. The van der Waals surface area contributed by atoms with Gasteiger partial charge in [-0.25, -0.2) is 0 Å². The Morgan fingerprint density at radius 2 is 2.00 bits per heavy atom. The van der Waals surface area contributed by atoms with Crippen LogP contribution in [0.25, 0.3) is 0 Å². The second-order valence-electron chi connectivity index (χ2n) is 2.99. The molecule has 0 aromatic heterocycles. The van der Waals surface area contributed by atoms with Crippen molar-refractivity contribution in [1.82, 2.24) is 4.72 Å². The van der Waals surface area contributed by atoms with Crippen LogP contribution in [0.1, 0.15) is 12.8 Å². The van der Waals surface area contributed by atoms with Crippen molar-refractivity contribution in [1.29, 1.82) is 0 Å². The van der Waals surface area contributed by atoms with E-state index in [9.17, 15) is 4.79 Å². The zero-order valence-electron chi connectivity index (χ0n) is 10.1. The molecule has 0 fully saturated rings. The summed E-state index contributed by atoms with van der Waals surface area (Å²) in [6.07, 6.45) is 1.27. The summed E-state index contributed by atoms with van der Waals surface area (Å²) in [7, 11) is 1.41. The molecule has 0 atom stereocenters. The van der Waals surface area contributed by atoms with E-state index >= 15 is 0 Å². The summed E-state index contributed by atoms with van der Waals surface area (Å²) in [4.78, 5) is 12.0. The van der Waals surface area contributed by atoms with Crippen molar-refractivity contribution in [2.45, 2.75) is 17.7 Å². The normalized spacial score (nSPS) is 9.00. The van der Waals surface area contributed by atoms with E-state index in [4.69, 9.17) is 0 Å². The van der Waals surface area contributed by atoms with E-state index in [0.717, 1.165) is 13.0 Å². The first-order valence-electron chi connectivity index (χ1n) is 5.34. The van der Waals surface area contributed by atoms with Crippen LogP contribution in [-0.2, 0) is 9.53 Å². The lowest BCUT2D eigenvalue weighted by Crippen LogP contribution is -2.08. The van der Waals surface area contributed by atoms with Crippen LogP contribution >= 0.6 is 11.9 Å². The molecule has 1 N–H and O–H groups in total. The van der Waals surface area contributed by atoms with Gasteiger partial charge in [-0.05, 0) is 30.5 Å². The van der Waals surface area contributed by atoms with Gasteiger partial charge in [0.1, 0.15) is 0 Å². The first-order chi connectivity index (χ1) is 8.33. The zero-order chi connectivity index (χ0) is 12.9. The number of hydrogen-bond acceptors (Lipinski definition) is 4. The molecule has 0 aliphatic carbocycles. The Morgan fingerprint density at radius 3 is 2.59 bits per heavy atom. The van der Waals surface area contributed by atoms with Gasteiger partial charge in [-0.15, -0.1) is 13.2 Å². The summed E-state index contributed by atoms with van der Waals surface area (Å²) < 4.78 is 7.73. The smallest absolute Gasteiger partial charge is 0.305 e. The minimum Gasteiger partial charge on any atom is -0.469 e. The molecule has 0 aliphatic rings. The maximum absolute atomic E-state index is 10.8. The van der Waals surface area contributed by atoms with Crippen LogP contribution in [0, 0.1) is 0 Å². The van der Waals surface area contributed by atoms with Crippen molar-refractivity contribution in [3.63, 3.8) is 0 Å². The molecule has 0 heterocycles.